The molecule has 6 heteroatoms. The van der Waals surface area contributed by atoms with Gasteiger partial charge in [0, 0.05) is 5.56 Å². The van der Waals surface area contributed by atoms with Crippen molar-refractivity contribution in [3.8, 4) is 18.1 Å². The van der Waals surface area contributed by atoms with E-state index in [-0.39, 0.29) is 29.4 Å². The third-order valence-corrected chi connectivity index (χ3v) is 7.70. The van der Waals surface area contributed by atoms with Crippen molar-refractivity contribution in [3.63, 3.8) is 0 Å². The van der Waals surface area contributed by atoms with Crippen LogP contribution in [0.15, 0.2) is 48.6 Å². The first-order valence-electron chi connectivity index (χ1n) is 13.6. The average Bonchev–Trinajstić information content (AvgIpc) is 2.92. The quantitative estimate of drug-likeness (QED) is 0.0920. The molecular weight excluding hydrogens is 492 g/mol. The predicted molar refractivity (Wildman–Crippen MR) is 161 cm³/mol. The van der Waals surface area contributed by atoms with Crippen molar-refractivity contribution >= 4 is 29.3 Å². The number of aryl methyl sites for hydroxylation is 1. The Balaban J connectivity index is 1.86. The molecule has 0 fully saturated rings. The van der Waals surface area contributed by atoms with E-state index < -0.39 is 0 Å². The molecule has 2 aromatic carbocycles. The maximum Gasteiger partial charge on any atom is 0.243 e. The summed E-state index contributed by atoms with van der Waals surface area (Å²) in [6.45, 7) is 5.51. The van der Waals surface area contributed by atoms with Crippen molar-refractivity contribution in [3.05, 3.63) is 70.8 Å². The fraction of sp³-hybridized carbons (Fsp3) is 0.438. The number of phenolic OH excluding ortho intramolecular Hbond substituents is 1. The highest BCUT2D eigenvalue weighted by molar-refractivity contribution is 8.00. The van der Waals surface area contributed by atoms with Gasteiger partial charge in [0.2, 0.25) is 11.8 Å². The molecule has 2 amide bonds. The molecule has 0 aliphatic rings. The summed E-state index contributed by atoms with van der Waals surface area (Å²) < 4.78 is 0. The van der Waals surface area contributed by atoms with E-state index in [1.807, 2.05) is 30.3 Å². The molecule has 0 aromatic heterocycles. The normalized spacial score (nSPS) is 11.7. The summed E-state index contributed by atoms with van der Waals surface area (Å²) in [7, 11) is 0. The van der Waals surface area contributed by atoms with Gasteiger partial charge in [0.1, 0.15) is 11.0 Å². The van der Waals surface area contributed by atoms with Gasteiger partial charge in [-0.05, 0) is 68.9 Å². The van der Waals surface area contributed by atoms with Crippen LogP contribution in [0.4, 0.5) is 5.69 Å². The van der Waals surface area contributed by atoms with Crippen LogP contribution in [0.2, 0.25) is 0 Å². The number of carbonyl (C=O) groups is 2. The molecule has 1 atom stereocenters. The van der Waals surface area contributed by atoms with Gasteiger partial charge in [-0.15, -0.1) is 18.2 Å². The summed E-state index contributed by atoms with van der Waals surface area (Å²) in [6, 6.07) is 11.3. The number of unbranched alkanes of at least 4 members (excludes halogenated alkanes) is 6. The van der Waals surface area contributed by atoms with Gasteiger partial charge in [0.15, 0.2) is 0 Å². The standard InChI is InChI=1S/C32H42N2O3S/c1-5-7-8-9-10-11-12-13-14-18-21-38-31(26-19-16-15-17-20-26)32(37)33-23-29(35)34-28-22-24(3)30(36)25(4)27(28)6-2/h2,10-11,15-17,19-20,22,31,36H,5,7-9,12-14,18,21,23H2,1,3-4H3,(H,33,37)(H,34,35)/b11-10+. The Hall–Kier alpha value is -3.17. The number of carbonyl (C=O) groups excluding carboxylic acids is 2. The van der Waals surface area contributed by atoms with Crippen molar-refractivity contribution in [1.82, 2.24) is 5.32 Å². The first kappa shape index (κ1) is 31.1. The number of hydrogen-bond acceptors (Lipinski definition) is 4. The molecule has 0 saturated carbocycles. The second kappa shape index (κ2) is 17.4. The Labute approximate surface area is 232 Å². The molecule has 5 nitrogen and oxygen atoms in total. The molecule has 2 aromatic rings. The highest BCUT2D eigenvalue weighted by Crippen LogP contribution is 2.31. The molecule has 38 heavy (non-hydrogen) atoms. The number of phenols is 1. The van der Waals surface area contributed by atoms with E-state index in [1.54, 1.807) is 31.7 Å². The number of hydrogen-bond donors (Lipinski definition) is 3. The minimum Gasteiger partial charge on any atom is -0.507 e. The molecule has 0 bridgehead atoms. The lowest BCUT2D eigenvalue weighted by Gasteiger charge is -2.17. The summed E-state index contributed by atoms with van der Waals surface area (Å²) in [5.74, 6) is 2.95. The molecule has 204 valence electrons. The third-order valence-electron chi connectivity index (χ3n) is 6.36. The minimum atomic E-state index is -0.387. The van der Waals surface area contributed by atoms with Gasteiger partial charge in [-0.2, -0.15) is 0 Å². The zero-order valence-corrected chi connectivity index (χ0v) is 23.8. The second-order valence-corrected chi connectivity index (χ2v) is 10.7. The molecular formula is C32H42N2O3S. The van der Waals surface area contributed by atoms with Crippen LogP contribution in [-0.2, 0) is 9.59 Å². The number of aromatic hydroxyl groups is 1. The number of anilines is 1. The second-order valence-electron chi connectivity index (χ2n) is 9.48. The van der Waals surface area contributed by atoms with Crippen molar-refractivity contribution < 1.29 is 14.7 Å². The Morgan fingerprint density at radius 1 is 1.05 bits per heavy atom. The van der Waals surface area contributed by atoms with E-state index >= 15 is 0 Å². The summed E-state index contributed by atoms with van der Waals surface area (Å²) >= 11 is 1.61. The highest BCUT2D eigenvalue weighted by Gasteiger charge is 2.22. The van der Waals surface area contributed by atoms with Gasteiger partial charge >= 0.3 is 0 Å². The number of thioether (sulfide) groups is 1. The molecule has 0 heterocycles. The fourth-order valence-corrected chi connectivity index (χ4v) is 5.34. The lowest BCUT2D eigenvalue weighted by molar-refractivity contribution is -0.123. The van der Waals surface area contributed by atoms with Crippen molar-refractivity contribution in [2.75, 3.05) is 17.6 Å². The third kappa shape index (κ3) is 10.3. The molecule has 2 rings (SSSR count). The van der Waals surface area contributed by atoms with Crippen LogP contribution in [-0.4, -0.2) is 29.2 Å². The van der Waals surface area contributed by atoms with Crippen LogP contribution >= 0.6 is 11.8 Å². The topological polar surface area (TPSA) is 78.4 Å². The maximum atomic E-state index is 13.1. The van der Waals surface area contributed by atoms with Gasteiger partial charge in [-0.25, -0.2) is 0 Å². The summed E-state index contributed by atoms with van der Waals surface area (Å²) in [5, 5.41) is 15.3. The van der Waals surface area contributed by atoms with E-state index in [0.29, 0.717) is 22.4 Å². The zero-order chi connectivity index (χ0) is 27.8. The van der Waals surface area contributed by atoms with Crippen molar-refractivity contribution in [1.29, 1.82) is 0 Å². The largest absolute Gasteiger partial charge is 0.507 e. The fourth-order valence-electron chi connectivity index (χ4n) is 4.15. The number of amides is 2. The van der Waals surface area contributed by atoms with Gasteiger partial charge in [-0.1, -0.05) is 74.6 Å². The molecule has 0 spiro atoms. The molecule has 0 aliphatic carbocycles. The van der Waals surface area contributed by atoms with Crippen molar-refractivity contribution in [2.45, 2.75) is 77.4 Å². The highest BCUT2D eigenvalue weighted by atomic mass is 32.2. The van der Waals surface area contributed by atoms with Gasteiger partial charge in [-0.3, -0.25) is 9.59 Å². The molecule has 3 N–H and O–H groups in total. The van der Waals surface area contributed by atoms with E-state index in [9.17, 15) is 14.7 Å². The number of nitrogens with one attached hydrogen (secondary N) is 2. The van der Waals surface area contributed by atoms with Crippen LogP contribution in [0.3, 0.4) is 0 Å². The lowest BCUT2D eigenvalue weighted by atomic mass is 10.0. The van der Waals surface area contributed by atoms with Gasteiger partial charge in [0.25, 0.3) is 0 Å². The number of benzene rings is 2. The average molecular weight is 535 g/mol. The van der Waals surface area contributed by atoms with Crippen LogP contribution in [0.5, 0.6) is 5.75 Å². The van der Waals surface area contributed by atoms with E-state index in [2.05, 4.69) is 35.6 Å². The lowest BCUT2D eigenvalue weighted by Crippen LogP contribution is -2.35. The Bertz CT molecular complexity index is 1110. The maximum absolute atomic E-state index is 13.1. The van der Waals surface area contributed by atoms with Crippen LogP contribution in [0.25, 0.3) is 0 Å². The van der Waals surface area contributed by atoms with E-state index in [4.69, 9.17) is 6.42 Å². The SMILES string of the molecule is C#Cc1c(NC(=O)CNC(=O)C(SCCCCC/C=C/CCCCC)c2ccccc2)cc(C)c(O)c1C. The number of allylic oxidation sites excluding steroid dienone is 2. The van der Waals surface area contributed by atoms with Crippen LogP contribution < -0.4 is 10.6 Å². The molecule has 1 unspecified atom stereocenters. The van der Waals surface area contributed by atoms with Crippen molar-refractivity contribution in [2.24, 2.45) is 0 Å². The summed E-state index contributed by atoms with van der Waals surface area (Å²) in [5.41, 5.74) is 2.95. The Morgan fingerprint density at radius 2 is 1.74 bits per heavy atom. The smallest absolute Gasteiger partial charge is 0.243 e. The summed E-state index contributed by atoms with van der Waals surface area (Å²) in [4.78, 5) is 25.7. The molecule has 0 aliphatic heterocycles. The van der Waals surface area contributed by atoms with Crippen LogP contribution in [0, 0.1) is 26.2 Å². The monoisotopic (exact) mass is 534 g/mol. The summed E-state index contributed by atoms with van der Waals surface area (Å²) in [6.07, 6.45) is 19.6. The Morgan fingerprint density at radius 3 is 2.39 bits per heavy atom. The molecule has 0 radical (unpaired) electrons. The molecule has 0 saturated heterocycles. The van der Waals surface area contributed by atoms with Crippen LogP contribution in [0.1, 0.15) is 85.8 Å². The minimum absolute atomic E-state index is 0.117. The first-order chi connectivity index (χ1) is 18.4. The number of rotatable bonds is 16. The Kier molecular flexibility index (Phi) is 14.2. The number of terminal acetylenes is 1. The predicted octanol–water partition coefficient (Wildman–Crippen LogP) is 7.22. The first-order valence-corrected chi connectivity index (χ1v) is 14.6. The van der Waals surface area contributed by atoms with E-state index in [0.717, 1.165) is 37.0 Å². The van der Waals surface area contributed by atoms with E-state index in [1.165, 1.54) is 25.7 Å². The zero-order valence-electron chi connectivity index (χ0n) is 23.0. The van der Waals surface area contributed by atoms with Gasteiger partial charge in [0.05, 0.1) is 17.8 Å². The van der Waals surface area contributed by atoms with Gasteiger partial charge < -0.3 is 15.7 Å².